The zero-order valence-corrected chi connectivity index (χ0v) is 14.4. The van der Waals surface area contributed by atoms with Crippen molar-refractivity contribution in [1.29, 1.82) is 0 Å². The number of nitrogens with zero attached hydrogens (tertiary/aromatic N) is 1. The van der Waals surface area contributed by atoms with E-state index >= 15 is 0 Å². The molecule has 1 saturated heterocycles. The molecule has 0 radical (unpaired) electrons. The maximum atomic E-state index is 11.9. The van der Waals surface area contributed by atoms with E-state index in [1.54, 1.807) is 0 Å². The zero-order chi connectivity index (χ0) is 15.4. The van der Waals surface area contributed by atoms with Crippen molar-refractivity contribution in [2.75, 3.05) is 33.3 Å². The highest BCUT2D eigenvalue weighted by atomic mass is 16.5. The number of quaternary nitrogens is 1. The van der Waals surface area contributed by atoms with Crippen molar-refractivity contribution < 1.29 is 14.0 Å². The summed E-state index contributed by atoms with van der Waals surface area (Å²) < 4.78 is 6.29. The summed E-state index contributed by atoms with van der Waals surface area (Å²) >= 11 is 0. The Morgan fingerprint density at radius 3 is 2.10 bits per heavy atom. The SMILES string of the molecule is CCCCCCCCCCOC(=O)C[N+]1(C)CCCCC1. The van der Waals surface area contributed by atoms with Gasteiger partial charge in [-0.3, -0.25) is 0 Å². The van der Waals surface area contributed by atoms with Gasteiger partial charge in [-0.1, -0.05) is 51.9 Å². The lowest BCUT2D eigenvalue weighted by molar-refractivity contribution is -0.907. The van der Waals surface area contributed by atoms with Gasteiger partial charge in [-0.2, -0.15) is 0 Å². The van der Waals surface area contributed by atoms with Gasteiger partial charge >= 0.3 is 5.97 Å². The second kappa shape index (κ2) is 11.1. The average Bonchev–Trinajstić information content (AvgIpc) is 2.46. The average molecular weight is 298 g/mol. The van der Waals surface area contributed by atoms with Crippen LogP contribution in [0.4, 0.5) is 0 Å². The number of carbonyl (C=O) groups is 1. The number of ether oxygens (including phenoxy) is 1. The Morgan fingerprint density at radius 2 is 1.48 bits per heavy atom. The smallest absolute Gasteiger partial charge is 0.361 e. The minimum atomic E-state index is 0.00217. The molecule has 0 unspecified atom stereocenters. The number of rotatable bonds is 11. The first-order valence-electron chi connectivity index (χ1n) is 9.15. The van der Waals surface area contributed by atoms with Gasteiger partial charge in [0.25, 0.3) is 0 Å². The molecule has 1 aliphatic rings. The predicted octanol–water partition coefficient (Wildman–Crippen LogP) is 4.30. The molecule has 1 aliphatic heterocycles. The lowest BCUT2D eigenvalue weighted by atomic mass is 10.1. The molecule has 0 N–H and O–H groups in total. The van der Waals surface area contributed by atoms with Crippen LogP contribution in [0.25, 0.3) is 0 Å². The fourth-order valence-electron chi connectivity index (χ4n) is 3.21. The summed E-state index contributed by atoms with van der Waals surface area (Å²) in [6.45, 7) is 5.70. The predicted molar refractivity (Wildman–Crippen MR) is 88.2 cm³/mol. The van der Waals surface area contributed by atoms with Crippen molar-refractivity contribution in [3.63, 3.8) is 0 Å². The number of hydrogen-bond acceptors (Lipinski definition) is 2. The Hall–Kier alpha value is -0.570. The van der Waals surface area contributed by atoms with Crippen molar-refractivity contribution in [2.45, 2.75) is 77.6 Å². The topological polar surface area (TPSA) is 26.3 Å². The van der Waals surface area contributed by atoms with Crippen LogP contribution in [-0.4, -0.2) is 43.7 Å². The van der Waals surface area contributed by atoms with Crippen LogP contribution >= 0.6 is 0 Å². The van der Waals surface area contributed by atoms with E-state index in [1.807, 2.05) is 0 Å². The summed E-state index contributed by atoms with van der Waals surface area (Å²) in [4.78, 5) is 11.9. The van der Waals surface area contributed by atoms with Gasteiger partial charge in [0.1, 0.15) is 0 Å². The first kappa shape index (κ1) is 18.5. The number of piperidine rings is 1. The van der Waals surface area contributed by atoms with E-state index in [4.69, 9.17) is 4.74 Å². The minimum Gasteiger partial charge on any atom is -0.462 e. The van der Waals surface area contributed by atoms with Gasteiger partial charge < -0.3 is 9.22 Å². The van der Waals surface area contributed by atoms with Crippen molar-refractivity contribution in [2.24, 2.45) is 0 Å². The lowest BCUT2D eigenvalue weighted by Gasteiger charge is -2.36. The second-order valence-corrected chi connectivity index (χ2v) is 6.98. The molecule has 0 spiro atoms. The van der Waals surface area contributed by atoms with Crippen LogP contribution in [0.5, 0.6) is 0 Å². The summed E-state index contributed by atoms with van der Waals surface area (Å²) in [6.07, 6.45) is 14.1. The normalized spacial score (nSPS) is 17.6. The van der Waals surface area contributed by atoms with E-state index in [9.17, 15) is 4.79 Å². The highest BCUT2D eigenvalue weighted by Gasteiger charge is 2.28. The number of hydrogen-bond donors (Lipinski definition) is 0. The Bertz CT molecular complexity index is 272. The van der Waals surface area contributed by atoms with Crippen LogP contribution in [0.2, 0.25) is 0 Å². The van der Waals surface area contributed by atoms with Gasteiger partial charge in [-0.15, -0.1) is 0 Å². The standard InChI is InChI=1S/C18H36NO2/c1-3-4-5-6-7-8-9-13-16-21-18(20)17-19(2)14-11-10-12-15-19/h3-17H2,1-2H3/q+1. The van der Waals surface area contributed by atoms with Crippen LogP contribution in [0.15, 0.2) is 0 Å². The van der Waals surface area contributed by atoms with Gasteiger partial charge in [-0.25, -0.2) is 4.79 Å². The molecule has 0 aromatic rings. The molecule has 0 bridgehead atoms. The van der Waals surface area contributed by atoms with Crippen LogP contribution in [-0.2, 0) is 9.53 Å². The van der Waals surface area contributed by atoms with E-state index < -0.39 is 0 Å². The van der Waals surface area contributed by atoms with Crippen LogP contribution in [0.1, 0.15) is 77.6 Å². The molecule has 0 saturated carbocycles. The van der Waals surface area contributed by atoms with Crippen molar-refractivity contribution in [3.8, 4) is 0 Å². The third kappa shape index (κ3) is 9.13. The van der Waals surface area contributed by atoms with Crippen molar-refractivity contribution in [3.05, 3.63) is 0 Å². The van der Waals surface area contributed by atoms with Crippen LogP contribution in [0.3, 0.4) is 0 Å². The third-order valence-electron chi connectivity index (χ3n) is 4.67. The molecule has 3 nitrogen and oxygen atoms in total. The van der Waals surface area contributed by atoms with Crippen LogP contribution < -0.4 is 0 Å². The third-order valence-corrected chi connectivity index (χ3v) is 4.67. The monoisotopic (exact) mass is 298 g/mol. The molecule has 21 heavy (non-hydrogen) atoms. The van der Waals surface area contributed by atoms with Crippen molar-refractivity contribution >= 4 is 5.97 Å². The molecule has 1 rings (SSSR count). The summed E-state index contributed by atoms with van der Waals surface area (Å²) in [5.74, 6) is 0.00217. The quantitative estimate of drug-likeness (QED) is 0.323. The van der Waals surface area contributed by atoms with Crippen LogP contribution in [0, 0.1) is 0 Å². The molecule has 0 atom stereocenters. The maximum Gasteiger partial charge on any atom is 0.361 e. The maximum absolute atomic E-state index is 11.9. The molecule has 0 aromatic carbocycles. The highest BCUT2D eigenvalue weighted by molar-refractivity contribution is 5.70. The fourth-order valence-corrected chi connectivity index (χ4v) is 3.21. The number of carbonyl (C=O) groups excluding carboxylic acids is 1. The summed E-state index contributed by atoms with van der Waals surface area (Å²) in [5, 5.41) is 0. The first-order valence-corrected chi connectivity index (χ1v) is 9.15. The number of esters is 1. The largest absolute Gasteiger partial charge is 0.462 e. The summed E-state index contributed by atoms with van der Waals surface area (Å²) in [6, 6.07) is 0. The fraction of sp³-hybridized carbons (Fsp3) is 0.944. The number of likely N-dealkylation sites (tertiary alicyclic amines) is 1. The first-order chi connectivity index (χ1) is 10.2. The zero-order valence-electron chi connectivity index (χ0n) is 14.4. The van der Waals surface area contributed by atoms with Gasteiger partial charge in [0.15, 0.2) is 6.54 Å². The van der Waals surface area contributed by atoms with Crippen molar-refractivity contribution in [1.82, 2.24) is 0 Å². The Morgan fingerprint density at radius 1 is 0.905 bits per heavy atom. The van der Waals surface area contributed by atoms with E-state index in [-0.39, 0.29) is 5.97 Å². The molecule has 0 amide bonds. The van der Waals surface area contributed by atoms with Gasteiger partial charge in [0, 0.05) is 0 Å². The lowest BCUT2D eigenvalue weighted by Crippen LogP contribution is -2.51. The van der Waals surface area contributed by atoms with E-state index in [1.165, 1.54) is 64.2 Å². The molecule has 124 valence electrons. The van der Waals surface area contributed by atoms with Gasteiger partial charge in [0.05, 0.1) is 26.7 Å². The summed E-state index contributed by atoms with van der Waals surface area (Å²) in [7, 11) is 2.19. The van der Waals surface area contributed by atoms with Gasteiger partial charge in [0.2, 0.25) is 0 Å². The van der Waals surface area contributed by atoms with Gasteiger partial charge in [-0.05, 0) is 25.7 Å². The molecular weight excluding hydrogens is 262 g/mol. The Balaban J connectivity index is 1.93. The number of likely N-dealkylation sites (N-methyl/N-ethyl adjacent to an activating group) is 1. The molecule has 3 heteroatoms. The molecule has 0 aliphatic carbocycles. The van der Waals surface area contributed by atoms with E-state index in [0.717, 1.165) is 24.0 Å². The second-order valence-electron chi connectivity index (χ2n) is 6.98. The molecule has 0 aromatic heterocycles. The Labute approximate surface area is 131 Å². The minimum absolute atomic E-state index is 0.00217. The van der Waals surface area contributed by atoms with E-state index in [0.29, 0.717) is 13.2 Å². The molecular formula is C18H36NO2+. The molecule has 1 fully saturated rings. The van der Waals surface area contributed by atoms with E-state index in [2.05, 4.69) is 14.0 Å². The Kier molecular flexibility index (Phi) is 9.73. The highest BCUT2D eigenvalue weighted by Crippen LogP contribution is 2.16. The summed E-state index contributed by atoms with van der Waals surface area (Å²) in [5.41, 5.74) is 0. The number of unbranched alkanes of at least 4 members (excludes halogenated alkanes) is 7. The molecule has 1 heterocycles.